The van der Waals surface area contributed by atoms with Gasteiger partial charge in [0.05, 0.1) is 5.69 Å². The molecule has 0 amide bonds. The molecule has 0 bridgehead atoms. The van der Waals surface area contributed by atoms with E-state index in [0.717, 1.165) is 17.7 Å². The zero-order valence-corrected chi connectivity index (χ0v) is 12.1. The van der Waals surface area contributed by atoms with Crippen molar-refractivity contribution in [2.45, 2.75) is 6.42 Å². The number of hydrogen-bond acceptors (Lipinski definition) is 3. The Morgan fingerprint density at radius 1 is 0.955 bits per heavy atom. The van der Waals surface area contributed by atoms with E-state index in [1.54, 1.807) is 6.20 Å². The van der Waals surface area contributed by atoms with Crippen LogP contribution in [0.3, 0.4) is 0 Å². The lowest BCUT2D eigenvalue weighted by Crippen LogP contribution is -2.18. The molecule has 22 heavy (non-hydrogen) atoms. The molecule has 0 aliphatic heterocycles. The first-order valence-electron chi connectivity index (χ1n) is 7.26. The average molecular weight is 291 g/mol. The molecule has 0 radical (unpaired) electrons. The molecule has 0 fully saturated rings. The van der Waals surface area contributed by atoms with Crippen molar-refractivity contribution >= 4 is 5.82 Å². The molecule has 2 N–H and O–H groups in total. The van der Waals surface area contributed by atoms with E-state index < -0.39 is 0 Å². The molecule has 110 valence electrons. The van der Waals surface area contributed by atoms with Crippen molar-refractivity contribution in [3.05, 3.63) is 82.8 Å². The Kier molecular flexibility index (Phi) is 4.30. The summed E-state index contributed by atoms with van der Waals surface area (Å²) in [4.78, 5) is 19.0. The molecule has 4 heteroatoms. The van der Waals surface area contributed by atoms with Gasteiger partial charge in [-0.05, 0) is 12.0 Å². The fourth-order valence-corrected chi connectivity index (χ4v) is 2.25. The van der Waals surface area contributed by atoms with Gasteiger partial charge in [-0.2, -0.15) is 0 Å². The lowest BCUT2D eigenvalue weighted by atomic mass is 10.1. The average Bonchev–Trinajstić information content (AvgIpc) is 2.58. The quantitative estimate of drug-likeness (QED) is 0.759. The minimum Gasteiger partial charge on any atom is -0.365 e. The van der Waals surface area contributed by atoms with Crippen molar-refractivity contribution < 1.29 is 0 Å². The summed E-state index contributed by atoms with van der Waals surface area (Å²) in [7, 11) is 0. The van der Waals surface area contributed by atoms with Crippen molar-refractivity contribution in [1.82, 2.24) is 9.97 Å². The van der Waals surface area contributed by atoms with Crippen LogP contribution in [0.1, 0.15) is 5.56 Å². The van der Waals surface area contributed by atoms with E-state index in [2.05, 4.69) is 27.4 Å². The van der Waals surface area contributed by atoms with Crippen molar-refractivity contribution in [3.8, 4) is 11.3 Å². The van der Waals surface area contributed by atoms with Crippen molar-refractivity contribution in [2.24, 2.45) is 0 Å². The number of rotatable bonds is 5. The molecule has 0 aliphatic rings. The van der Waals surface area contributed by atoms with Gasteiger partial charge in [0, 0.05) is 18.3 Å². The highest BCUT2D eigenvalue weighted by atomic mass is 16.1. The maximum absolute atomic E-state index is 11.9. The summed E-state index contributed by atoms with van der Waals surface area (Å²) >= 11 is 0. The molecule has 0 saturated carbocycles. The number of benzene rings is 2. The van der Waals surface area contributed by atoms with E-state index in [0.29, 0.717) is 12.4 Å². The van der Waals surface area contributed by atoms with Crippen LogP contribution in [0.25, 0.3) is 11.3 Å². The summed E-state index contributed by atoms with van der Waals surface area (Å²) in [6.45, 7) is 0.665. The van der Waals surface area contributed by atoms with Crippen LogP contribution in [-0.2, 0) is 6.42 Å². The minimum absolute atomic E-state index is 0.201. The van der Waals surface area contributed by atoms with Gasteiger partial charge in [0.25, 0.3) is 5.56 Å². The van der Waals surface area contributed by atoms with Crippen LogP contribution in [0.4, 0.5) is 5.82 Å². The highest BCUT2D eigenvalue weighted by Crippen LogP contribution is 2.15. The number of hydrogen-bond donors (Lipinski definition) is 2. The summed E-state index contributed by atoms with van der Waals surface area (Å²) in [5.41, 5.74) is 2.76. The number of H-pyrrole nitrogens is 1. The van der Waals surface area contributed by atoms with E-state index in [9.17, 15) is 4.79 Å². The molecule has 1 heterocycles. The van der Waals surface area contributed by atoms with E-state index in [1.807, 2.05) is 48.5 Å². The molecule has 4 nitrogen and oxygen atoms in total. The smallest absolute Gasteiger partial charge is 0.290 e. The summed E-state index contributed by atoms with van der Waals surface area (Å²) in [6.07, 6.45) is 2.48. The summed E-state index contributed by atoms with van der Waals surface area (Å²) < 4.78 is 0. The lowest BCUT2D eigenvalue weighted by Gasteiger charge is -2.07. The minimum atomic E-state index is -0.201. The Balaban J connectivity index is 1.72. The van der Waals surface area contributed by atoms with Gasteiger partial charge in [-0.25, -0.2) is 4.98 Å². The molecule has 0 spiro atoms. The normalized spacial score (nSPS) is 10.4. The first-order chi connectivity index (χ1) is 10.8. The second kappa shape index (κ2) is 6.72. The maximum atomic E-state index is 11.9. The SMILES string of the molecule is O=c1[nH]cc(-c2ccccc2)nc1NCCc1ccccc1. The van der Waals surface area contributed by atoms with Gasteiger partial charge in [-0.3, -0.25) is 4.79 Å². The standard InChI is InChI=1S/C18H17N3O/c22-18-17(19-12-11-14-7-3-1-4-8-14)21-16(13-20-18)15-9-5-2-6-10-15/h1-10,13H,11-12H2,(H,19,21)(H,20,22). The Labute approximate surface area is 128 Å². The number of nitrogens with zero attached hydrogens (tertiary/aromatic N) is 1. The largest absolute Gasteiger partial charge is 0.365 e. The predicted molar refractivity (Wildman–Crippen MR) is 88.9 cm³/mol. The molecule has 0 unspecified atom stereocenters. The third-order valence-electron chi connectivity index (χ3n) is 3.41. The number of anilines is 1. The molecule has 2 aromatic carbocycles. The van der Waals surface area contributed by atoms with Crippen molar-refractivity contribution in [2.75, 3.05) is 11.9 Å². The number of aromatic amines is 1. The van der Waals surface area contributed by atoms with Crippen LogP contribution in [0, 0.1) is 0 Å². The van der Waals surface area contributed by atoms with Gasteiger partial charge in [-0.1, -0.05) is 60.7 Å². The highest BCUT2D eigenvalue weighted by Gasteiger charge is 2.05. The predicted octanol–water partition coefficient (Wildman–Crippen LogP) is 3.09. The van der Waals surface area contributed by atoms with Crippen LogP contribution < -0.4 is 10.9 Å². The third-order valence-corrected chi connectivity index (χ3v) is 3.41. The molecular weight excluding hydrogens is 274 g/mol. The van der Waals surface area contributed by atoms with Gasteiger partial charge in [0.15, 0.2) is 5.82 Å². The van der Waals surface area contributed by atoms with Crippen molar-refractivity contribution in [3.63, 3.8) is 0 Å². The lowest BCUT2D eigenvalue weighted by molar-refractivity contribution is 0.991. The van der Waals surface area contributed by atoms with Gasteiger partial charge < -0.3 is 10.3 Å². The molecule has 1 aromatic heterocycles. The topological polar surface area (TPSA) is 57.8 Å². The Hall–Kier alpha value is -2.88. The zero-order chi connectivity index (χ0) is 15.2. The van der Waals surface area contributed by atoms with Crippen LogP contribution in [-0.4, -0.2) is 16.5 Å². The Morgan fingerprint density at radius 3 is 2.36 bits per heavy atom. The molecule has 0 aliphatic carbocycles. The van der Waals surface area contributed by atoms with E-state index in [4.69, 9.17) is 0 Å². The molecule has 0 saturated heterocycles. The molecular formula is C18H17N3O. The second-order valence-electron chi connectivity index (χ2n) is 4.99. The highest BCUT2D eigenvalue weighted by molar-refractivity contribution is 5.59. The number of nitrogens with one attached hydrogen (secondary N) is 2. The second-order valence-corrected chi connectivity index (χ2v) is 4.99. The van der Waals surface area contributed by atoms with Crippen LogP contribution in [0.2, 0.25) is 0 Å². The first-order valence-corrected chi connectivity index (χ1v) is 7.26. The Morgan fingerprint density at radius 2 is 1.64 bits per heavy atom. The third kappa shape index (κ3) is 3.41. The summed E-state index contributed by atoms with van der Waals surface area (Å²) in [6, 6.07) is 19.9. The Bertz CT molecular complexity index is 782. The van der Waals surface area contributed by atoms with Crippen LogP contribution in [0.15, 0.2) is 71.7 Å². The fourth-order valence-electron chi connectivity index (χ4n) is 2.25. The fraction of sp³-hybridized carbons (Fsp3) is 0.111. The van der Waals surface area contributed by atoms with Crippen molar-refractivity contribution in [1.29, 1.82) is 0 Å². The van der Waals surface area contributed by atoms with Gasteiger partial charge in [0.1, 0.15) is 0 Å². The summed E-state index contributed by atoms with van der Waals surface area (Å²) in [5, 5.41) is 3.12. The van der Waals surface area contributed by atoms with E-state index in [1.165, 1.54) is 5.56 Å². The van der Waals surface area contributed by atoms with Crippen LogP contribution >= 0.6 is 0 Å². The first kappa shape index (κ1) is 14.1. The van der Waals surface area contributed by atoms with Gasteiger partial charge in [-0.15, -0.1) is 0 Å². The van der Waals surface area contributed by atoms with Gasteiger partial charge in [0.2, 0.25) is 0 Å². The zero-order valence-electron chi connectivity index (χ0n) is 12.1. The molecule has 3 aromatic rings. The maximum Gasteiger partial charge on any atom is 0.290 e. The van der Waals surface area contributed by atoms with E-state index >= 15 is 0 Å². The van der Waals surface area contributed by atoms with E-state index in [-0.39, 0.29) is 5.56 Å². The monoisotopic (exact) mass is 291 g/mol. The summed E-state index contributed by atoms with van der Waals surface area (Å²) in [5.74, 6) is 0.359. The van der Waals surface area contributed by atoms with Crippen LogP contribution in [0.5, 0.6) is 0 Å². The number of aromatic nitrogens is 2. The molecule has 3 rings (SSSR count). The van der Waals surface area contributed by atoms with Gasteiger partial charge >= 0.3 is 0 Å². The molecule has 0 atom stereocenters.